The van der Waals surface area contributed by atoms with Gasteiger partial charge in [-0.15, -0.1) is 0 Å². The number of nitrogens with zero attached hydrogens (tertiary/aromatic N) is 4. The van der Waals surface area contributed by atoms with Gasteiger partial charge in [0.1, 0.15) is 11.4 Å². The highest BCUT2D eigenvalue weighted by molar-refractivity contribution is 5.70. The summed E-state index contributed by atoms with van der Waals surface area (Å²) in [6.45, 7) is 6.62. The van der Waals surface area contributed by atoms with Crippen LogP contribution in [0.25, 0.3) is 0 Å². The van der Waals surface area contributed by atoms with Gasteiger partial charge in [0.05, 0.1) is 13.1 Å². The Morgan fingerprint density at radius 2 is 2.04 bits per heavy atom. The van der Waals surface area contributed by atoms with Gasteiger partial charge in [-0.1, -0.05) is 26.2 Å². The number of amides is 1. The molecule has 1 spiro atoms. The molecule has 1 amide bonds. The monoisotopic (exact) mass is 334 g/mol. The van der Waals surface area contributed by atoms with Crippen molar-refractivity contribution in [3.05, 3.63) is 18.2 Å². The lowest BCUT2D eigenvalue weighted by atomic mass is 9.91. The fourth-order valence-electron chi connectivity index (χ4n) is 3.72. The van der Waals surface area contributed by atoms with Crippen LogP contribution >= 0.6 is 0 Å². The molecule has 0 unspecified atom stereocenters. The van der Waals surface area contributed by atoms with E-state index < -0.39 is 0 Å². The second-order valence-corrected chi connectivity index (χ2v) is 7.26. The maximum Gasteiger partial charge on any atom is 0.410 e. The standard InChI is InChI=1S/C18H30N4O2/c1-3-4-5-6-10-22-15-18(24-17(22)23)7-11-21(12-8-18)14-16-19-9-13-20(16)2/h9,13H,3-8,10-12,14-15H2,1-2H3. The normalized spacial score (nSPS) is 20.8. The van der Waals surface area contributed by atoms with Crippen molar-refractivity contribution in [2.24, 2.45) is 7.05 Å². The Hall–Kier alpha value is -1.56. The molecule has 0 N–H and O–H groups in total. The van der Waals surface area contributed by atoms with E-state index in [4.69, 9.17) is 4.74 Å². The van der Waals surface area contributed by atoms with E-state index in [0.29, 0.717) is 0 Å². The summed E-state index contributed by atoms with van der Waals surface area (Å²) < 4.78 is 7.87. The van der Waals surface area contributed by atoms with Crippen LogP contribution in [0, 0.1) is 0 Å². The van der Waals surface area contributed by atoms with Gasteiger partial charge >= 0.3 is 6.09 Å². The van der Waals surface area contributed by atoms with E-state index in [-0.39, 0.29) is 11.7 Å². The van der Waals surface area contributed by atoms with Crippen molar-refractivity contribution in [3.63, 3.8) is 0 Å². The van der Waals surface area contributed by atoms with E-state index in [1.54, 1.807) is 0 Å². The average Bonchev–Trinajstić information content (AvgIpc) is 3.10. The van der Waals surface area contributed by atoms with Gasteiger partial charge < -0.3 is 14.2 Å². The zero-order valence-electron chi connectivity index (χ0n) is 15.0. The fraction of sp³-hybridized carbons (Fsp3) is 0.778. The van der Waals surface area contributed by atoms with Gasteiger partial charge in [0.2, 0.25) is 0 Å². The van der Waals surface area contributed by atoms with Gasteiger partial charge in [0, 0.05) is 51.9 Å². The zero-order chi connectivity index (χ0) is 17.0. The number of ether oxygens (including phenoxy) is 1. The molecule has 2 aliphatic heterocycles. The summed E-state index contributed by atoms with van der Waals surface area (Å²) in [5, 5.41) is 0. The van der Waals surface area contributed by atoms with Crippen LogP contribution in [0.4, 0.5) is 4.79 Å². The lowest BCUT2D eigenvalue weighted by molar-refractivity contribution is -0.00195. The van der Waals surface area contributed by atoms with E-state index in [2.05, 4.69) is 21.4 Å². The Balaban J connectivity index is 1.47. The molecule has 6 heteroatoms. The highest BCUT2D eigenvalue weighted by atomic mass is 16.6. The van der Waals surface area contributed by atoms with Gasteiger partial charge in [0.15, 0.2) is 0 Å². The molecule has 1 aromatic rings. The van der Waals surface area contributed by atoms with Crippen LogP contribution in [0.5, 0.6) is 0 Å². The van der Waals surface area contributed by atoms with Gasteiger partial charge in [0.25, 0.3) is 0 Å². The number of hydrogen-bond donors (Lipinski definition) is 0. The van der Waals surface area contributed by atoms with Crippen LogP contribution in [-0.4, -0.2) is 57.2 Å². The third kappa shape index (κ3) is 3.91. The molecule has 0 aliphatic carbocycles. The maximum absolute atomic E-state index is 12.2. The second-order valence-electron chi connectivity index (χ2n) is 7.26. The highest BCUT2D eigenvalue weighted by Crippen LogP contribution is 2.33. The Kier molecular flexibility index (Phi) is 5.43. The van der Waals surface area contributed by atoms with Gasteiger partial charge in [-0.3, -0.25) is 4.90 Å². The topological polar surface area (TPSA) is 50.6 Å². The summed E-state index contributed by atoms with van der Waals surface area (Å²) in [4.78, 5) is 20.9. The highest BCUT2D eigenvalue weighted by Gasteiger charge is 2.46. The maximum atomic E-state index is 12.2. The molecule has 2 aliphatic rings. The first kappa shape index (κ1) is 17.3. The number of imidazole rings is 1. The Morgan fingerprint density at radius 3 is 2.71 bits per heavy atom. The molecule has 3 rings (SSSR count). The minimum absolute atomic E-state index is 0.107. The van der Waals surface area contributed by atoms with Crippen molar-refractivity contribution in [1.82, 2.24) is 19.4 Å². The lowest BCUT2D eigenvalue weighted by Crippen LogP contribution is -2.46. The van der Waals surface area contributed by atoms with E-state index in [1.165, 1.54) is 19.3 Å². The smallest absolute Gasteiger partial charge is 0.410 e. The molecule has 134 valence electrons. The van der Waals surface area contributed by atoms with Crippen molar-refractivity contribution in [1.29, 1.82) is 0 Å². The van der Waals surface area contributed by atoms with Crippen molar-refractivity contribution in [3.8, 4) is 0 Å². The predicted octanol–water partition coefficient (Wildman–Crippen LogP) is 2.79. The first-order chi connectivity index (χ1) is 11.6. The minimum atomic E-state index is -0.250. The number of aromatic nitrogens is 2. The average molecular weight is 334 g/mol. The van der Waals surface area contributed by atoms with E-state index in [0.717, 1.165) is 57.8 Å². The summed E-state index contributed by atoms with van der Waals surface area (Å²) in [5.74, 6) is 1.09. The molecular formula is C18H30N4O2. The number of carbonyl (C=O) groups excluding carboxylic acids is 1. The Bertz CT molecular complexity index is 549. The summed E-state index contributed by atoms with van der Waals surface area (Å²) in [6.07, 6.45) is 10.3. The van der Waals surface area contributed by atoms with Crippen LogP contribution in [-0.2, 0) is 18.3 Å². The summed E-state index contributed by atoms with van der Waals surface area (Å²) in [7, 11) is 2.03. The summed E-state index contributed by atoms with van der Waals surface area (Å²) in [6, 6.07) is 0. The molecule has 0 atom stereocenters. The predicted molar refractivity (Wildman–Crippen MR) is 92.6 cm³/mol. The SMILES string of the molecule is CCCCCCN1CC2(CCN(Cc3nccn3C)CC2)OC1=O. The van der Waals surface area contributed by atoms with Crippen LogP contribution in [0.15, 0.2) is 12.4 Å². The van der Waals surface area contributed by atoms with Crippen LogP contribution in [0.1, 0.15) is 51.3 Å². The van der Waals surface area contributed by atoms with E-state index >= 15 is 0 Å². The first-order valence-electron chi connectivity index (χ1n) is 9.28. The molecule has 24 heavy (non-hydrogen) atoms. The van der Waals surface area contributed by atoms with Gasteiger partial charge in [-0.2, -0.15) is 0 Å². The van der Waals surface area contributed by atoms with Crippen molar-refractivity contribution >= 4 is 6.09 Å². The van der Waals surface area contributed by atoms with Gasteiger partial charge in [-0.05, 0) is 6.42 Å². The molecule has 6 nitrogen and oxygen atoms in total. The number of piperidine rings is 1. The molecule has 0 aromatic carbocycles. The second kappa shape index (κ2) is 7.55. The fourth-order valence-corrected chi connectivity index (χ4v) is 3.72. The molecular weight excluding hydrogens is 304 g/mol. The summed E-state index contributed by atoms with van der Waals surface area (Å²) in [5.41, 5.74) is -0.250. The van der Waals surface area contributed by atoms with E-state index in [1.807, 2.05) is 24.3 Å². The minimum Gasteiger partial charge on any atom is -0.441 e. The Labute approximate surface area is 144 Å². The third-order valence-electron chi connectivity index (χ3n) is 5.38. The number of rotatable bonds is 7. The number of likely N-dealkylation sites (tertiary alicyclic amines) is 1. The zero-order valence-corrected chi connectivity index (χ0v) is 15.0. The Morgan fingerprint density at radius 1 is 1.25 bits per heavy atom. The largest absolute Gasteiger partial charge is 0.441 e. The third-order valence-corrected chi connectivity index (χ3v) is 5.38. The van der Waals surface area contributed by atoms with Crippen LogP contribution in [0.2, 0.25) is 0 Å². The number of unbranched alkanes of at least 4 members (excludes halogenated alkanes) is 3. The number of carbonyl (C=O) groups is 1. The summed E-state index contributed by atoms with van der Waals surface area (Å²) >= 11 is 0. The number of hydrogen-bond acceptors (Lipinski definition) is 4. The lowest BCUT2D eigenvalue weighted by Gasteiger charge is -2.37. The van der Waals surface area contributed by atoms with E-state index in [9.17, 15) is 4.79 Å². The molecule has 0 saturated carbocycles. The molecule has 3 heterocycles. The van der Waals surface area contributed by atoms with Crippen LogP contribution in [0.3, 0.4) is 0 Å². The molecule has 0 bridgehead atoms. The molecule has 2 fully saturated rings. The number of aryl methyl sites for hydroxylation is 1. The molecule has 0 radical (unpaired) electrons. The quantitative estimate of drug-likeness (QED) is 0.720. The first-order valence-corrected chi connectivity index (χ1v) is 9.28. The van der Waals surface area contributed by atoms with Gasteiger partial charge in [-0.25, -0.2) is 9.78 Å². The molecule has 2 saturated heterocycles. The van der Waals surface area contributed by atoms with Crippen LogP contribution < -0.4 is 0 Å². The molecule has 1 aromatic heterocycles. The van der Waals surface area contributed by atoms with Crippen molar-refractivity contribution in [2.75, 3.05) is 26.2 Å². The van der Waals surface area contributed by atoms with Crippen molar-refractivity contribution < 1.29 is 9.53 Å². The van der Waals surface area contributed by atoms with Crippen molar-refractivity contribution in [2.45, 2.75) is 57.6 Å².